The highest BCUT2D eigenvalue weighted by Gasteiger charge is 2.21. The van der Waals surface area contributed by atoms with Gasteiger partial charge in [-0.25, -0.2) is 0 Å². The van der Waals surface area contributed by atoms with E-state index in [0.29, 0.717) is 0 Å². The van der Waals surface area contributed by atoms with E-state index in [1.165, 1.54) is 70.6 Å². The van der Waals surface area contributed by atoms with Crippen LogP contribution >= 0.6 is 0 Å². The van der Waals surface area contributed by atoms with E-state index in [4.69, 9.17) is 4.42 Å². The molecule has 0 atom stereocenters. The Morgan fingerprint density at radius 1 is 0.191 bits per heavy atom. The molecule has 0 N–H and O–H groups in total. The molecule has 0 spiro atoms. The zero-order valence-electron chi connectivity index (χ0n) is 48.6. The Morgan fingerprint density at radius 3 is 1.40 bits per heavy atom. The Kier molecular flexibility index (Phi) is 12.5. The number of para-hydroxylation sites is 1. The Balaban J connectivity index is 0.776. The number of rotatable bonds is 11. The summed E-state index contributed by atoms with van der Waals surface area (Å²) in [4.78, 5) is 4.82. The third kappa shape index (κ3) is 9.32. The molecule has 0 aliphatic heterocycles. The third-order valence-electron chi connectivity index (χ3n) is 18.0. The van der Waals surface area contributed by atoms with Gasteiger partial charge in [0.2, 0.25) is 0 Å². The third-order valence-corrected chi connectivity index (χ3v) is 18.0. The first-order valence-electron chi connectivity index (χ1n) is 30.5. The fourth-order valence-electron chi connectivity index (χ4n) is 13.6. The summed E-state index contributed by atoms with van der Waals surface area (Å²) in [6, 6.07) is 124. The van der Waals surface area contributed by atoms with Crippen LogP contribution in [0.3, 0.4) is 0 Å². The van der Waals surface area contributed by atoms with Crippen LogP contribution in [0.2, 0.25) is 0 Å². The molecule has 1 aromatic heterocycles. The molecule has 3 heteroatoms. The Morgan fingerprint density at radius 2 is 0.640 bits per heavy atom. The maximum Gasteiger partial charge on any atom is 0.136 e. The van der Waals surface area contributed by atoms with Gasteiger partial charge in [0.25, 0.3) is 0 Å². The van der Waals surface area contributed by atoms with Crippen LogP contribution in [0.15, 0.2) is 344 Å². The van der Waals surface area contributed by atoms with Crippen molar-refractivity contribution in [2.24, 2.45) is 0 Å². The fraction of sp³-hybridized carbons (Fsp3) is 0. The van der Waals surface area contributed by atoms with Crippen molar-refractivity contribution in [2.45, 2.75) is 0 Å². The second kappa shape index (κ2) is 21.6. The SMILES string of the molecule is c1cc(-c2ccc3ccccc3c2)cc(N(c2cccc(-c3ccccc3N(c3ccc(-c4ccc(-c5cccc6ccccc56)cc4)cc3)c3ccc(-c4ccc5c(c4)oc4ccc6ccccc6c45)cc3)c2)c2ccc3c(ccc4ccccc43)c2)c1. The predicted octanol–water partition coefficient (Wildman–Crippen LogP) is 24.6. The summed E-state index contributed by atoms with van der Waals surface area (Å²) in [5.74, 6) is 0. The van der Waals surface area contributed by atoms with Gasteiger partial charge in [-0.15, -0.1) is 0 Å². The maximum absolute atomic E-state index is 6.57. The normalized spacial score (nSPS) is 11.6. The van der Waals surface area contributed by atoms with Crippen LogP contribution in [-0.4, -0.2) is 0 Å². The van der Waals surface area contributed by atoms with Crippen LogP contribution in [0.5, 0.6) is 0 Å². The molecule has 0 bridgehead atoms. The molecule has 0 radical (unpaired) electrons. The Labute approximate surface area is 516 Å². The molecule has 416 valence electrons. The highest BCUT2D eigenvalue weighted by atomic mass is 16.3. The smallest absolute Gasteiger partial charge is 0.136 e. The molecular weight excluding hydrogens is 1080 g/mol. The van der Waals surface area contributed by atoms with Gasteiger partial charge in [-0.3, -0.25) is 0 Å². The van der Waals surface area contributed by atoms with Crippen molar-refractivity contribution in [2.75, 3.05) is 9.80 Å². The minimum Gasteiger partial charge on any atom is -0.456 e. The van der Waals surface area contributed by atoms with Crippen molar-refractivity contribution in [1.82, 2.24) is 0 Å². The van der Waals surface area contributed by atoms with Gasteiger partial charge in [0.15, 0.2) is 0 Å². The van der Waals surface area contributed by atoms with Gasteiger partial charge in [-0.2, -0.15) is 0 Å². The second-order valence-electron chi connectivity index (χ2n) is 23.2. The molecule has 0 aliphatic rings. The van der Waals surface area contributed by atoms with Crippen molar-refractivity contribution >= 4 is 110 Å². The van der Waals surface area contributed by atoms with Gasteiger partial charge < -0.3 is 14.2 Å². The minimum absolute atomic E-state index is 0.879. The van der Waals surface area contributed by atoms with Crippen LogP contribution in [-0.2, 0) is 0 Å². The van der Waals surface area contributed by atoms with Gasteiger partial charge in [-0.05, 0) is 195 Å². The van der Waals surface area contributed by atoms with Gasteiger partial charge >= 0.3 is 0 Å². The quantitative estimate of drug-likeness (QED) is 0.120. The summed E-state index contributed by atoms with van der Waals surface area (Å²) < 4.78 is 6.57. The Bertz CT molecular complexity index is 5560. The highest BCUT2D eigenvalue weighted by Crippen LogP contribution is 2.46. The maximum atomic E-state index is 6.57. The summed E-state index contributed by atoms with van der Waals surface area (Å²) in [5, 5.41) is 14.5. The number of anilines is 6. The largest absolute Gasteiger partial charge is 0.456 e. The molecular formula is C86H56N2O. The molecule has 1 heterocycles. The number of fused-ring (bicyclic) bond motifs is 10. The van der Waals surface area contributed by atoms with E-state index in [1.807, 2.05) is 0 Å². The van der Waals surface area contributed by atoms with E-state index < -0.39 is 0 Å². The van der Waals surface area contributed by atoms with Crippen molar-refractivity contribution in [1.29, 1.82) is 0 Å². The van der Waals surface area contributed by atoms with Crippen LogP contribution in [0.25, 0.3) is 131 Å². The zero-order chi connectivity index (χ0) is 58.8. The molecule has 16 aromatic carbocycles. The molecule has 89 heavy (non-hydrogen) atoms. The van der Waals surface area contributed by atoms with Gasteiger partial charge in [0, 0.05) is 44.8 Å². The molecule has 3 nitrogen and oxygen atoms in total. The van der Waals surface area contributed by atoms with E-state index in [9.17, 15) is 0 Å². The molecule has 0 saturated heterocycles. The molecule has 0 fully saturated rings. The molecule has 0 amide bonds. The molecule has 17 aromatic rings. The van der Waals surface area contributed by atoms with E-state index in [0.717, 1.165) is 95.0 Å². The predicted molar refractivity (Wildman–Crippen MR) is 378 cm³/mol. The first kappa shape index (κ1) is 51.6. The van der Waals surface area contributed by atoms with Gasteiger partial charge in [0.05, 0.1) is 5.69 Å². The lowest BCUT2D eigenvalue weighted by Crippen LogP contribution is -2.12. The number of furan rings is 1. The number of benzene rings is 16. The topological polar surface area (TPSA) is 19.6 Å². The van der Waals surface area contributed by atoms with Crippen LogP contribution in [0.1, 0.15) is 0 Å². The first-order valence-corrected chi connectivity index (χ1v) is 30.5. The van der Waals surface area contributed by atoms with Crippen LogP contribution in [0.4, 0.5) is 34.1 Å². The lowest BCUT2D eigenvalue weighted by atomic mass is 9.96. The van der Waals surface area contributed by atoms with Crippen molar-refractivity contribution < 1.29 is 4.42 Å². The Hall–Kier alpha value is -11.8. The number of hydrogen-bond acceptors (Lipinski definition) is 3. The van der Waals surface area contributed by atoms with Gasteiger partial charge in [0.1, 0.15) is 11.2 Å². The van der Waals surface area contributed by atoms with Crippen molar-refractivity contribution in [3.8, 4) is 55.6 Å². The molecule has 0 unspecified atom stereocenters. The fourth-order valence-corrected chi connectivity index (χ4v) is 13.6. The number of nitrogens with zero attached hydrogens (tertiary/aromatic N) is 2. The highest BCUT2D eigenvalue weighted by molar-refractivity contribution is 6.19. The summed E-state index contributed by atoms with van der Waals surface area (Å²) in [5.41, 5.74) is 19.6. The standard InChI is InChI=1S/C86H56N2O/c1-2-18-65-52-67(36-32-57(65)14-1)66-20-11-22-73(53-66)87(75-48-50-79-70(55-75)37-35-62-16-4-7-25-77(62)79)74-23-12-21-69(54-74)80-26-9-10-29-83(80)88(71-44-38-59(39-45-71)58-30-33-64(34-31-58)78-28-13-19-61-15-3-6-24-76(61)78)72-46-40-60(41-47-72)68-42-49-82-85(56-68)89-84-51-43-63-17-5-8-27-81(63)86(82)84/h1-56H. The monoisotopic (exact) mass is 1130 g/mol. The lowest BCUT2D eigenvalue weighted by molar-refractivity contribution is 0.669. The average Bonchev–Trinajstić information content (AvgIpc) is 2.10. The van der Waals surface area contributed by atoms with E-state index >= 15 is 0 Å². The molecule has 17 rings (SSSR count). The number of hydrogen-bond donors (Lipinski definition) is 0. The average molecular weight is 1130 g/mol. The van der Waals surface area contributed by atoms with Crippen molar-refractivity contribution in [3.63, 3.8) is 0 Å². The van der Waals surface area contributed by atoms with Crippen LogP contribution < -0.4 is 9.80 Å². The summed E-state index contributed by atoms with van der Waals surface area (Å²) in [6.07, 6.45) is 0. The summed E-state index contributed by atoms with van der Waals surface area (Å²) in [6.45, 7) is 0. The first-order chi connectivity index (χ1) is 44.1. The minimum atomic E-state index is 0.879. The van der Waals surface area contributed by atoms with Crippen LogP contribution in [0, 0.1) is 0 Å². The summed E-state index contributed by atoms with van der Waals surface area (Å²) >= 11 is 0. The van der Waals surface area contributed by atoms with E-state index in [2.05, 4.69) is 350 Å². The molecule has 0 aliphatic carbocycles. The zero-order valence-corrected chi connectivity index (χ0v) is 48.6. The van der Waals surface area contributed by atoms with E-state index in [-0.39, 0.29) is 0 Å². The van der Waals surface area contributed by atoms with Gasteiger partial charge in [-0.1, -0.05) is 249 Å². The van der Waals surface area contributed by atoms with E-state index in [1.54, 1.807) is 0 Å². The van der Waals surface area contributed by atoms with Crippen molar-refractivity contribution in [3.05, 3.63) is 340 Å². The molecule has 0 saturated carbocycles. The second-order valence-corrected chi connectivity index (χ2v) is 23.2. The summed E-state index contributed by atoms with van der Waals surface area (Å²) in [7, 11) is 0. The lowest BCUT2D eigenvalue weighted by Gasteiger charge is -2.29.